The van der Waals surface area contributed by atoms with Crippen molar-refractivity contribution in [1.82, 2.24) is 24.7 Å². The van der Waals surface area contributed by atoms with Gasteiger partial charge in [0.25, 0.3) is 5.91 Å². The molecule has 0 aliphatic heterocycles. The number of benzene rings is 1. The van der Waals surface area contributed by atoms with Gasteiger partial charge < -0.3 is 19.0 Å². The third-order valence-corrected chi connectivity index (χ3v) is 7.12. The van der Waals surface area contributed by atoms with Gasteiger partial charge in [-0.15, -0.1) is 10.2 Å². The molecule has 3 heterocycles. The van der Waals surface area contributed by atoms with Gasteiger partial charge in [0.05, 0.1) is 16.6 Å². The molecule has 1 amide bonds. The zero-order valence-electron chi connectivity index (χ0n) is 20.8. The summed E-state index contributed by atoms with van der Waals surface area (Å²) in [7, 11) is -1.20. The highest BCUT2D eigenvalue weighted by Gasteiger charge is 2.21. The zero-order valence-corrected chi connectivity index (χ0v) is 21.8. The molecule has 4 aromatic rings. The largest absolute Gasteiger partial charge is 0.421 e. The Bertz CT molecular complexity index is 1390. The van der Waals surface area contributed by atoms with Gasteiger partial charge in [0.15, 0.2) is 0 Å². The fourth-order valence-corrected chi connectivity index (χ4v) is 4.29. The first kappa shape index (κ1) is 24.5. The van der Waals surface area contributed by atoms with Crippen molar-refractivity contribution in [2.75, 3.05) is 11.9 Å². The molecule has 0 spiro atoms. The van der Waals surface area contributed by atoms with E-state index >= 15 is 0 Å². The molecule has 182 valence electrons. The van der Waals surface area contributed by atoms with Gasteiger partial charge >= 0.3 is 0 Å². The van der Waals surface area contributed by atoms with Crippen LogP contribution in [0.4, 0.5) is 5.69 Å². The summed E-state index contributed by atoms with van der Waals surface area (Å²) < 4.78 is 13.7. The molecule has 0 aliphatic rings. The number of nitrogens with zero attached hydrogens (tertiary/aromatic N) is 5. The molecule has 0 atom stereocenters. The third-order valence-electron chi connectivity index (χ3n) is 5.42. The van der Waals surface area contributed by atoms with Crippen molar-refractivity contribution in [1.29, 1.82) is 0 Å². The summed E-state index contributed by atoms with van der Waals surface area (Å²) in [4.78, 5) is 21.3. The van der Waals surface area contributed by atoms with Gasteiger partial charge in [-0.2, -0.15) is 0 Å². The van der Waals surface area contributed by atoms with E-state index < -0.39 is 8.07 Å². The van der Waals surface area contributed by atoms with E-state index in [4.69, 9.17) is 9.15 Å². The minimum absolute atomic E-state index is 0.237. The van der Waals surface area contributed by atoms with Crippen molar-refractivity contribution >= 4 is 30.7 Å². The number of amides is 1. The predicted octanol–water partition coefficient (Wildman–Crippen LogP) is 5.28. The summed E-state index contributed by atoms with van der Waals surface area (Å²) in [5, 5.41) is 11.9. The fraction of sp³-hybridized carbons (Fsp3) is 0.320. The van der Waals surface area contributed by atoms with E-state index in [9.17, 15) is 4.79 Å². The summed E-state index contributed by atoms with van der Waals surface area (Å²) in [6.07, 6.45) is 3.44. The first-order valence-corrected chi connectivity index (χ1v) is 15.1. The van der Waals surface area contributed by atoms with Crippen molar-refractivity contribution in [3.05, 3.63) is 54.8 Å². The average molecular weight is 491 g/mol. The number of aromatic nitrogens is 5. The Balaban J connectivity index is 1.77. The molecule has 0 saturated heterocycles. The van der Waals surface area contributed by atoms with Crippen LogP contribution >= 0.6 is 0 Å². The summed E-state index contributed by atoms with van der Waals surface area (Å²) >= 11 is 0. The first-order valence-electron chi connectivity index (χ1n) is 11.4. The number of anilines is 1. The number of carbonyl (C=O) groups excluding carboxylic acids is 1. The molecular formula is C25H30N6O3Si. The van der Waals surface area contributed by atoms with E-state index in [1.54, 1.807) is 13.8 Å². The lowest BCUT2D eigenvalue weighted by molar-refractivity contribution is -0.112. The van der Waals surface area contributed by atoms with Gasteiger partial charge in [0, 0.05) is 44.6 Å². The van der Waals surface area contributed by atoms with E-state index in [0.29, 0.717) is 47.7 Å². The molecule has 4 rings (SSSR count). The predicted molar refractivity (Wildman–Crippen MR) is 139 cm³/mol. The van der Waals surface area contributed by atoms with Crippen LogP contribution in [0.15, 0.2) is 53.4 Å². The smallest absolute Gasteiger partial charge is 0.250 e. The van der Waals surface area contributed by atoms with Crippen LogP contribution in [-0.4, -0.2) is 45.3 Å². The van der Waals surface area contributed by atoms with E-state index in [-0.39, 0.29) is 5.91 Å². The van der Waals surface area contributed by atoms with Crippen LogP contribution in [0.3, 0.4) is 0 Å². The van der Waals surface area contributed by atoms with E-state index in [1.807, 2.05) is 35.0 Å². The highest BCUT2D eigenvalue weighted by molar-refractivity contribution is 6.76. The minimum Gasteiger partial charge on any atom is -0.421 e. The highest BCUT2D eigenvalue weighted by atomic mass is 28.3. The van der Waals surface area contributed by atoms with Gasteiger partial charge in [0.2, 0.25) is 11.8 Å². The van der Waals surface area contributed by atoms with Gasteiger partial charge in [-0.1, -0.05) is 38.4 Å². The molecule has 0 bridgehead atoms. The lowest BCUT2D eigenvalue weighted by atomic mass is 10.1. The number of nitrogens with one attached hydrogen (secondary N) is 1. The normalized spacial score (nSPS) is 11.7. The Morgan fingerprint density at radius 1 is 1.23 bits per heavy atom. The topological polar surface area (TPSA) is 108 Å². The Morgan fingerprint density at radius 3 is 2.71 bits per heavy atom. The number of carbonyl (C=O) groups is 1. The summed E-state index contributed by atoms with van der Waals surface area (Å²) in [5.74, 6) is 0.616. The second-order valence-electron chi connectivity index (χ2n) is 9.72. The molecule has 35 heavy (non-hydrogen) atoms. The van der Waals surface area contributed by atoms with Crippen molar-refractivity contribution in [3.8, 4) is 22.7 Å². The SMILES string of the molecule is C=C(C)C(=O)Nc1cccc(-c2ncnc3c2c(-c2nnc(C)o2)cn3COCC[Si](C)(C)C)c1. The quantitative estimate of drug-likeness (QED) is 0.193. The van der Waals surface area contributed by atoms with Crippen molar-refractivity contribution < 1.29 is 13.9 Å². The molecule has 0 radical (unpaired) electrons. The van der Waals surface area contributed by atoms with Crippen LogP contribution in [0.5, 0.6) is 0 Å². The number of ether oxygens (including phenoxy) is 1. The monoisotopic (exact) mass is 490 g/mol. The molecule has 0 unspecified atom stereocenters. The minimum atomic E-state index is -1.20. The van der Waals surface area contributed by atoms with Crippen molar-refractivity contribution in [2.24, 2.45) is 0 Å². The average Bonchev–Trinajstić information content (AvgIpc) is 3.39. The fourth-order valence-electron chi connectivity index (χ4n) is 3.53. The molecule has 1 N–H and O–H groups in total. The van der Waals surface area contributed by atoms with Crippen LogP contribution < -0.4 is 5.32 Å². The molecule has 10 heteroatoms. The Hall–Kier alpha value is -3.63. The van der Waals surface area contributed by atoms with Gasteiger partial charge in [-0.05, 0) is 25.1 Å². The number of hydrogen-bond donors (Lipinski definition) is 1. The highest BCUT2D eigenvalue weighted by Crippen LogP contribution is 2.36. The molecule has 1 aromatic carbocycles. The van der Waals surface area contributed by atoms with E-state index in [0.717, 1.165) is 22.6 Å². The van der Waals surface area contributed by atoms with Crippen LogP contribution in [0.1, 0.15) is 12.8 Å². The molecule has 0 saturated carbocycles. The maximum Gasteiger partial charge on any atom is 0.250 e. The molecule has 0 aliphatic carbocycles. The molecule has 3 aromatic heterocycles. The maximum atomic E-state index is 12.1. The van der Waals surface area contributed by atoms with Gasteiger partial charge in [-0.3, -0.25) is 4.79 Å². The van der Waals surface area contributed by atoms with Crippen LogP contribution in [0.2, 0.25) is 25.7 Å². The summed E-state index contributed by atoms with van der Waals surface area (Å²) in [6, 6.07) is 8.56. The first-order chi connectivity index (χ1) is 16.6. The standard InChI is InChI=1S/C25H30N6O3Si/c1-16(2)24(32)28-19-9-7-8-18(12-19)22-21-20(25-30-29-17(3)34-25)13-31(23(21)27-14-26-22)15-33-10-11-35(4,5)6/h7-9,12-14H,1,10-11,15H2,2-6H3,(H,28,32). The molecule has 9 nitrogen and oxygen atoms in total. The van der Waals surface area contributed by atoms with Crippen LogP contribution in [0.25, 0.3) is 33.7 Å². The Morgan fingerprint density at radius 2 is 2.03 bits per heavy atom. The number of aryl methyl sites for hydroxylation is 1. The maximum absolute atomic E-state index is 12.1. The van der Waals surface area contributed by atoms with Crippen molar-refractivity contribution in [3.63, 3.8) is 0 Å². The second kappa shape index (κ2) is 9.93. The van der Waals surface area contributed by atoms with E-state index in [1.165, 1.54) is 6.33 Å². The lowest BCUT2D eigenvalue weighted by Gasteiger charge is -2.15. The van der Waals surface area contributed by atoms with Crippen LogP contribution in [0, 0.1) is 6.92 Å². The molecular weight excluding hydrogens is 460 g/mol. The number of rotatable bonds is 9. The van der Waals surface area contributed by atoms with Crippen molar-refractivity contribution in [2.45, 2.75) is 46.3 Å². The van der Waals surface area contributed by atoms with Gasteiger partial charge in [-0.25, -0.2) is 9.97 Å². The summed E-state index contributed by atoms with van der Waals surface area (Å²) in [5.41, 5.74) is 4.00. The lowest BCUT2D eigenvalue weighted by Crippen LogP contribution is -2.22. The number of hydrogen-bond acceptors (Lipinski definition) is 7. The second-order valence-corrected chi connectivity index (χ2v) is 15.3. The number of fused-ring (bicyclic) bond motifs is 1. The summed E-state index contributed by atoms with van der Waals surface area (Å²) in [6.45, 7) is 15.1. The van der Waals surface area contributed by atoms with E-state index in [2.05, 4.69) is 51.7 Å². The Kier molecular flexibility index (Phi) is 6.95. The third kappa shape index (κ3) is 5.72. The van der Waals surface area contributed by atoms with Gasteiger partial charge in [0.1, 0.15) is 18.7 Å². The van der Waals surface area contributed by atoms with Crippen LogP contribution in [-0.2, 0) is 16.3 Å². The Labute approximate surface area is 205 Å². The molecule has 0 fully saturated rings. The zero-order chi connectivity index (χ0) is 25.2.